The fourth-order valence-electron chi connectivity index (χ4n) is 2.55. The SMILES string of the molecule is CCNC(=NCc1nc(C)c(C)s1)NCC1(O)CCCC1. The van der Waals surface area contributed by atoms with Gasteiger partial charge >= 0.3 is 0 Å². The van der Waals surface area contributed by atoms with Crippen LogP contribution in [0.5, 0.6) is 0 Å². The van der Waals surface area contributed by atoms with Crippen molar-refractivity contribution in [1.29, 1.82) is 0 Å². The Bertz CT molecular complexity index is 472. The third kappa shape index (κ3) is 4.68. The zero-order valence-electron chi connectivity index (χ0n) is 13.2. The molecule has 1 fully saturated rings. The van der Waals surface area contributed by atoms with Gasteiger partial charge in [0.05, 0.1) is 17.8 Å². The average Bonchev–Trinajstić information content (AvgIpc) is 3.01. The summed E-state index contributed by atoms with van der Waals surface area (Å²) in [6, 6.07) is 0. The van der Waals surface area contributed by atoms with Crippen LogP contribution in [0.1, 0.15) is 48.2 Å². The molecule has 1 aromatic heterocycles. The molecule has 5 nitrogen and oxygen atoms in total. The Balaban J connectivity index is 1.92. The average molecular weight is 310 g/mol. The number of aliphatic imine (C=N–C) groups is 1. The first-order chi connectivity index (χ1) is 10.0. The van der Waals surface area contributed by atoms with Gasteiger partial charge in [0.1, 0.15) is 5.01 Å². The summed E-state index contributed by atoms with van der Waals surface area (Å²) >= 11 is 1.69. The Hall–Kier alpha value is -1.14. The van der Waals surface area contributed by atoms with Crippen LogP contribution in [0.4, 0.5) is 0 Å². The van der Waals surface area contributed by atoms with Crippen LogP contribution in [-0.4, -0.2) is 34.7 Å². The van der Waals surface area contributed by atoms with Crippen LogP contribution < -0.4 is 10.6 Å². The molecule has 0 radical (unpaired) electrons. The molecule has 0 spiro atoms. The third-order valence-corrected chi connectivity index (χ3v) is 4.97. The summed E-state index contributed by atoms with van der Waals surface area (Å²) in [5.74, 6) is 0.753. The van der Waals surface area contributed by atoms with E-state index in [9.17, 15) is 5.11 Å². The summed E-state index contributed by atoms with van der Waals surface area (Å²) in [6.45, 7) is 8.10. The zero-order valence-corrected chi connectivity index (χ0v) is 14.0. The lowest BCUT2D eigenvalue weighted by molar-refractivity contribution is 0.0522. The van der Waals surface area contributed by atoms with Crippen LogP contribution in [0.25, 0.3) is 0 Å². The largest absolute Gasteiger partial charge is 0.388 e. The number of aromatic nitrogens is 1. The molecule has 118 valence electrons. The molecule has 0 unspecified atom stereocenters. The fraction of sp³-hybridized carbons (Fsp3) is 0.733. The molecular formula is C15H26N4OS. The van der Waals surface area contributed by atoms with Gasteiger partial charge < -0.3 is 15.7 Å². The quantitative estimate of drug-likeness (QED) is 0.575. The van der Waals surface area contributed by atoms with Crippen molar-refractivity contribution in [3.63, 3.8) is 0 Å². The van der Waals surface area contributed by atoms with Crippen LogP contribution in [0.3, 0.4) is 0 Å². The number of aryl methyl sites for hydroxylation is 2. The highest BCUT2D eigenvalue weighted by Crippen LogP contribution is 2.28. The van der Waals surface area contributed by atoms with Crippen LogP contribution in [0, 0.1) is 13.8 Å². The third-order valence-electron chi connectivity index (χ3n) is 3.91. The topological polar surface area (TPSA) is 69.5 Å². The molecule has 1 saturated carbocycles. The van der Waals surface area contributed by atoms with Crippen LogP contribution >= 0.6 is 11.3 Å². The van der Waals surface area contributed by atoms with Gasteiger partial charge in [-0.25, -0.2) is 9.98 Å². The Morgan fingerprint density at radius 3 is 2.62 bits per heavy atom. The highest BCUT2D eigenvalue weighted by atomic mass is 32.1. The van der Waals surface area contributed by atoms with Crippen molar-refractivity contribution in [2.45, 2.75) is 58.6 Å². The number of aliphatic hydroxyl groups is 1. The molecule has 3 N–H and O–H groups in total. The molecule has 2 rings (SSSR count). The lowest BCUT2D eigenvalue weighted by atomic mass is 10.0. The minimum Gasteiger partial charge on any atom is -0.388 e. The summed E-state index contributed by atoms with van der Waals surface area (Å²) in [6.07, 6.45) is 3.99. The van der Waals surface area contributed by atoms with E-state index in [0.717, 1.165) is 48.9 Å². The molecule has 0 aliphatic heterocycles. The van der Waals surface area contributed by atoms with Gasteiger partial charge in [-0.2, -0.15) is 0 Å². The Morgan fingerprint density at radius 2 is 2.05 bits per heavy atom. The minimum atomic E-state index is -0.565. The molecular weight excluding hydrogens is 284 g/mol. The number of hydrogen-bond donors (Lipinski definition) is 3. The second kappa shape index (κ2) is 7.22. The van der Waals surface area contributed by atoms with Crippen molar-refractivity contribution in [2.24, 2.45) is 4.99 Å². The molecule has 0 bridgehead atoms. The zero-order chi connectivity index (χ0) is 15.3. The van der Waals surface area contributed by atoms with E-state index in [4.69, 9.17) is 0 Å². The molecule has 0 saturated heterocycles. The van der Waals surface area contributed by atoms with Crippen LogP contribution in [-0.2, 0) is 6.54 Å². The van der Waals surface area contributed by atoms with E-state index in [2.05, 4.69) is 27.5 Å². The molecule has 1 heterocycles. The second-order valence-corrected chi connectivity index (χ2v) is 7.02. The molecule has 1 aliphatic rings. The van der Waals surface area contributed by atoms with Crippen molar-refractivity contribution in [2.75, 3.05) is 13.1 Å². The van der Waals surface area contributed by atoms with Gasteiger partial charge in [-0.3, -0.25) is 0 Å². The number of hydrogen-bond acceptors (Lipinski definition) is 4. The lowest BCUT2D eigenvalue weighted by Crippen LogP contribution is -2.46. The van der Waals surface area contributed by atoms with Crippen molar-refractivity contribution < 1.29 is 5.11 Å². The van der Waals surface area contributed by atoms with Crippen molar-refractivity contribution >= 4 is 17.3 Å². The van der Waals surface area contributed by atoms with Gasteiger partial charge in [-0.05, 0) is 33.6 Å². The predicted molar refractivity (Wildman–Crippen MR) is 87.8 cm³/mol. The summed E-state index contributed by atoms with van der Waals surface area (Å²) < 4.78 is 0. The fourth-order valence-corrected chi connectivity index (χ4v) is 3.41. The number of guanidine groups is 1. The smallest absolute Gasteiger partial charge is 0.191 e. The Kier molecular flexibility index (Phi) is 5.58. The standard InChI is InChI=1S/C15H26N4OS/c1-4-16-14(18-10-15(20)7-5-6-8-15)17-9-13-19-11(2)12(3)21-13/h20H,4-10H2,1-3H3,(H2,16,17,18). The van der Waals surface area contributed by atoms with Gasteiger partial charge in [0.15, 0.2) is 5.96 Å². The second-order valence-electron chi connectivity index (χ2n) is 5.73. The summed E-state index contributed by atoms with van der Waals surface area (Å²) in [5.41, 5.74) is 0.522. The highest BCUT2D eigenvalue weighted by molar-refractivity contribution is 7.11. The minimum absolute atomic E-state index is 0.564. The first-order valence-electron chi connectivity index (χ1n) is 7.70. The Morgan fingerprint density at radius 1 is 1.33 bits per heavy atom. The van der Waals surface area contributed by atoms with E-state index in [1.54, 1.807) is 11.3 Å². The lowest BCUT2D eigenvalue weighted by Gasteiger charge is -2.23. The maximum Gasteiger partial charge on any atom is 0.191 e. The van der Waals surface area contributed by atoms with Crippen LogP contribution in [0.2, 0.25) is 0 Å². The van der Waals surface area contributed by atoms with Gasteiger partial charge in [0.2, 0.25) is 0 Å². The van der Waals surface area contributed by atoms with E-state index < -0.39 is 5.60 Å². The van der Waals surface area contributed by atoms with Crippen molar-refractivity contribution in [3.8, 4) is 0 Å². The molecule has 0 amide bonds. The number of nitrogens with one attached hydrogen (secondary N) is 2. The molecule has 1 aromatic rings. The number of nitrogens with zero attached hydrogens (tertiary/aromatic N) is 2. The van der Waals surface area contributed by atoms with Crippen LogP contribution in [0.15, 0.2) is 4.99 Å². The van der Waals surface area contributed by atoms with E-state index in [0.29, 0.717) is 13.1 Å². The van der Waals surface area contributed by atoms with E-state index in [1.807, 2.05) is 13.8 Å². The molecule has 0 atom stereocenters. The van der Waals surface area contributed by atoms with Crippen molar-refractivity contribution in [1.82, 2.24) is 15.6 Å². The number of rotatable bonds is 5. The maximum absolute atomic E-state index is 10.4. The van der Waals surface area contributed by atoms with E-state index in [1.165, 1.54) is 4.88 Å². The molecule has 1 aliphatic carbocycles. The molecule has 6 heteroatoms. The summed E-state index contributed by atoms with van der Waals surface area (Å²) in [4.78, 5) is 10.3. The maximum atomic E-state index is 10.4. The summed E-state index contributed by atoms with van der Waals surface area (Å²) in [7, 11) is 0. The normalized spacial score (nSPS) is 18.0. The molecule has 21 heavy (non-hydrogen) atoms. The van der Waals surface area contributed by atoms with E-state index in [-0.39, 0.29) is 0 Å². The van der Waals surface area contributed by atoms with Gasteiger partial charge in [-0.15, -0.1) is 11.3 Å². The van der Waals surface area contributed by atoms with Gasteiger partial charge in [-0.1, -0.05) is 12.8 Å². The first kappa shape index (κ1) is 16.2. The monoisotopic (exact) mass is 310 g/mol. The number of thiazole rings is 1. The van der Waals surface area contributed by atoms with E-state index >= 15 is 0 Å². The van der Waals surface area contributed by atoms with Gasteiger partial charge in [0.25, 0.3) is 0 Å². The summed E-state index contributed by atoms with van der Waals surface area (Å²) in [5, 5.41) is 17.9. The molecule has 0 aromatic carbocycles. The first-order valence-corrected chi connectivity index (χ1v) is 8.51. The predicted octanol–water partition coefficient (Wildman–Crippen LogP) is 2.12. The Labute approximate surface area is 130 Å². The van der Waals surface area contributed by atoms with Gasteiger partial charge in [0, 0.05) is 18.0 Å². The van der Waals surface area contributed by atoms with Crippen molar-refractivity contribution in [3.05, 3.63) is 15.6 Å². The highest BCUT2D eigenvalue weighted by Gasteiger charge is 2.30.